The van der Waals surface area contributed by atoms with Crippen molar-refractivity contribution >= 4 is 0 Å². The van der Waals surface area contributed by atoms with Crippen molar-refractivity contribution in [3.8, 4) is 5.75 Å². The molecule has 0 saturated carbocycles. The Balaban J connectivity index is 3.14. The summed E-state index contributed by atoms with van der Waals surface area (Å²) in [5.74, 6) is 0.294. The molecule has 0 saturated heterocycles. The second-order valence-corrected chi connectivity index (χ2v) is 2.86. The molecule has 0 aliphatic carbocycles. The lowest BCUT2D eigenvalue weighted by Crippen LogP contribution is -2.08. The van der Waals surface area contributed by atoms with E-state index in [4.69, 9.17) is 4.74 Å². The van der Waals surface area contributed by atoms with Crippen LogP contribution in [0.4, 0.5) is 13.2 Å². The molecule has 0 amide bonds. The van der Waals surface area contributed by atoms with Gasteiger partial charge in [0, 0.05) is 5.56 Å². The molecule has 14 heavy (non-hydrogen) atoms. The van der Waals surface area contributed by atoms with E-state index in [1.807, 2.05) is 0 Å². The first-order chi connectivity index (χ1) is 6.46. The van der Waals surface area contributed by atoms with Gasteiger partial charge in [-0.2, -0.15) is 13.2 Å². The number of rotatable bonds is 2. The van der Waals surface area contributed by atoms with Crippen molar-refractivity contribution in [2.24, 2.45) is 0 Å². The average Bonchev–Trinajstić information content (AvgIpc) is 2.07. The zero-order valence-corrected chi connectivity index (χ0v) is 7.98. The average molecular weight is 204 g/mol. The topological polar surface area (TPSA) is 9.23 Å². The molecule has 1 rings (SSSR count). The molecule has 1 nitrogen and oxygen atoms in total. The van der Waals surface area contributed by atoms with Gasteiger partial charge in [0.2, 0.25) is 0 Å². The number of hydrogen-bond acceptors (Lipinski definition) is 1. The van der Waals surface area contributed by atoms with Crippen molar-refractivity contribution in [2.45, 2.75) is 20.0 Å². The normalized spacial score (nSPS) is 11.5. The molecule has 0 fully saturated rings. The van der Waals surface area contributed by atoms with Gasteiger partial charge in [-0.15, -0.1) is 0 Å². The maximum absolute atomic E-state index is 12.4. The lowest BCUT2D eigenvalue weighted by molar-refractivity contribution is -0.138. The molecule has 1 aromatic rings. The van der Waals surface area contributed by atoms with E-state index < -0.39 is 11.7 Å². The summed E-state index contributed by atoms with van der Waals surface area (Å²) in [7, 11) is 0. The van der Waals surface area contributed by atoms with Crippen LogP contribution in [0.15, 0.2) is 18.2 Å². The first-order valence-electron chi connectivity index (χ1n) is 4.26. The van der Waals surface area contributed by atoms with Crippen LogP contribution in [0, 0.1) is 6.92 Å². The van der Waals surface area contributed by atoms with Gasteiger partial charge in [-0.25, -0.2) is 0 Å². The zero-order chi connectivity index (χ0) is 10.8. The van der Waals surface area contributed by atoms with E-state index in [0.29, 0.717) is 12.4 Å². The van der Waals surface area contributed by atoms with Gasteiger partial charge in [0.1, 0.15) is 5.75 Å². The minimum absolute atomic E-state index is 0.141. The van der Waals surface area contributed by atoms with Gasteiger partial charge >= 0.3 is 6.18 Å². The maximum Gasteiger partial charge on any atom is 0.416 e. The smallest absolute Gasteiger partial charge is 0.416 e. The van der Waals surface area contributed by atoms with E-state index in [-0.39, 0.29) is 5.56 Å². The summed E-state index contributed by atoms with van der Waals surface area (Å²) >= 11 is 0. The SMILES string of the molecule is CCOc1cccc(C(F)(F)F)c1C. The van der Waals surface area contributed by atoms with Gasteiger partial charge in [0.05, 0.1) is 12.2 Å². The fourth-order valence-corrected chi connectivity index (χ4v) is 1.23. The predicted molar refractivity (Wildman–Crippen MR) is 47.4 cm³/mol. The van der Waals surface area contributed by atoms with Crippen LogP contribution in [0.1, 0.15) is 18.1 Å². The Morgan fingerprint density at radius 2 is 1.93 bits per heavy atom. The highest BCUT2D eigenvalue weighted by Crippen LogP contribution is 2.35. The van der Waals surface area contributed by atoms with Crippen LogP contribution in [0.2, 0.25) is 0 Å². The standard InChI is InChI=1S/C10H11F3O/c1-3-14-9-6-4-5-8(7(9)2)10(11,12)13/h4-6H,3H2,1-2H3. The van der Waals surface area contributed by atoms with Gasteiger partial charge < -0.3 is 4.74 Å². The first-order valence-corrected chi connectivity index (χ1v) is 4.26. The van der Waals surface area contributed by atoms with Crippen LogP contribution in [0.3, 0.4) is 0 Å². The molecule has 0 unspecified atom stereocenters. The maximum atomic E-state index is 12.4. The van der Waals surface area contributed by atoms with E-state index in [0.717, 1.165) is 6.07 Å². The summed E-state index contributed by atoms with van der Waals surface area (Å²) in [5, 5.41) is 0. The molecule has 1 aromatic carbocycles. The molecule has 0 atom stereocenters. The second-order valence-electron chi connectivity index (χ2n) is 2.86. The molecule has 4 heteroatoms. The van der Waals surface area contributed by atoms with Gasteiger partial charge in [0.15, 0.2) is 0 Å². The zero-order valence-electron chi connectivity index (χ0n) is 7.98. The van der Waals surface area contributed by atoms with Gasteiger partial charge in [-0.1, -0.05) is 6.07 Å². The Morgan fingerprint density at radius 3 is 2.43 bits per heavy atom. The molecule has 0 aromatic heterocycles. The van der Waals surface area contributed by atoms with Crippen LogP contribution in [-0.4, -0.2) is 6.61 Å². The highest BCUT2D eigenvalue weighted by atomic mass is 19.4. The fourth-order valence-electron chi connectivity index (χ4n) is 1.23. The highest BCUT2D eigenvalue weighted by molar-refractivity contribution is 5.40. The lowest BCUT2D eigenvalue weighted by Gasteiger charge is -2.13. The third-order valence-corrected chi connectivity index (χ3v) is 1.89. The molecule has 0 bridgehead atoms. The summed E-state index contributed by atoms with van der Waals surface area (Å²) in [6.07, 6.45) is -4.31. The molecule has 0 aliphatic rings. The van der Waals surface area contributed by atoms with Crippen LogP contribution in [0.25, 0.3) is 0 Å². The molecule has 0 radical (unpaired) electrons. The summed E-state index contributed by atoms with van der Waals surface area (Å²) in [6, 6.07) is 3.94. The monoisotopic (exact) mass is 204 g/mol. The Labute approximate surface area is 80.5 Å². The van der Waals surface area contributed by atoms with Crippen molar-refractivity contribution in [3.05, 3.63) is 29.3 Å². The third kappa shape index (κ3) is 2.19. The molecule has 78 valence electrons. The summed E-state index contributed by atoms with van der Waals surface area (Å²) in [5.41, 5.74) is -0.495. The first kappa shape index (κ1) is 10.9. The van der Waals surface area contributed by atoms with Crippen LogP contribution >= 0.6 is 0 Å². The molecule has 0 aliphatic heterocycles. The van der Waals surface area contributed by atoms with Gasteiger partial charge in [-0.3, -0.25) is 0 Å². The molecular weight excluding hydrogens is 193 g/mol. The molecule has 0 N–H and O–H groups in total. The Kier molecular flexibility index (Phi) is 3.03. The van der Waals surface area contributed by atoms with Gasteiger partial charge in [0.25, 0.3) is 0 Å². The van der Waals surface area contributed by atoms with Crippen LogP contribution in [0.5, 0.6) is 5.75 Å². The largest absolute Gasteiger partial charge is 0.494 e. The Bertz CT molecular complexity index is 318. The van der Waals surface area contributed by atoms with E-state index in [1.54, 1.807) is 6.92 Å². The summed E-state index contributed by atoms with van der Waals surface area (Å²) < 4.78 is 42.3. The number of alkyl halides is 3. The van der Waals surface area contributed by atoms with Crippen molar-refractivity contribution < 1.29 is 17.9 Å². The fraction of sp³-hybridized carbons (Fsp3) is 0.400. The summed E-state index contributed by atoms with van der Waals surface area (Å²) in [4.78, 5) is 0. The van der Waals surface area contributed by atoms with E-state index >= 15 is 0 Å². The van der Waals surface area contributed by atoms with Crippen LogP contribution < -0.4 is 4.74 Å². The van der Waals surface area contributed by atoms with Crippen molar-refractivity contribution in [1.29, 1.82) is 0 Å². The number of hydrogen-bond donors (Lipinski definition) is 0. The van der Waals surface area contributed by atoms with Crippen LogP contribution in [-0.2, 0) is 6.18 Å². The number of halogens is 3. The van der Waals surface area contributed by atoms with Crippen molar-refractivity contribution in [1.82, 2.24) is 0 Å². The Hall–Kier alpha value is -1.19. The molecule has 0 heterocycles. The van der Waals surface area contributed by atoms with Crippen molar-refractivity contribution in [2.75, 3.05) is 6.61 Å². The number of ether oxygens (including phenoxy) is 1. The third-order valence-electron chi connectivity index (χ3n) is 1.89. The highest BCUT2D eigenvalue weighted by Gasteiger charge is 2.33. The summed E-state index contributed by atoms with van der Waals surface area (Å²) in [6.45, 7) is 3.51. The van der Waals surface area contributed by atoms with Gasteiger partial charge in [-0.05, 0) is 26.0 Å². The van der Waals surface area contributed by atoms with E-state index in [9.17, 15) is 13.2 Å². The molecule has 0 spiro atoms. The lowest BCUT2D eigenvalue weighted by atomic mass is 10.1. The van der Waals surface area contributed by atoms with Crippen molar-refractivity contribution in [3.63, 3.8) is 0 Å². The number of benzene rings is 1. The second kappa shape index (κ2) is 3.90. The minimum Gasteiger partial charge on any atom is -0.494 e. The van der Waals surface area contributed by atoms with E-state index in [1.165, 1.54) is 19.1 Å². The quantitative estimate of drug-likeness (QED) is 0.717. The predicted octanol–water partition coefficient (Wildman–Crippen LogP) is 3.41. The molecular formula is C10H11F3O. The minimum atomic E-state index is -4.31. The van der Waals surface area contributed by atoms with E-state index in [2.05, 4.69) is 0 Å². The Morgan fingerprint density at radius 1 is 1.29 bits per heavy atom.